The number of rotatable bonds is 4. The summed E-state index contributed by atoms with van der Waals surface area (Å²) in [5.74, 6) is -0.555. The van der Waals surface area contributed by atoms with Crippen LogP contribution in [-0.2, 0) is 17.6 Å². The number of fused-ring (bicyclic) bond motifs is 1. The molecule has 1 atom stereocenters. The first kappa shape index (κ1) is 27.2. The molecule has 38 heavy (non-hydrogen) atoms. The van der Waals surface area contributed by atoms with Gasteiger partial charge >= 0.3 is 0 Å². The summed E-state index contributed by atoms with van der Waals surface area (Å²) in [7, 11) is 0. The Labute approximate surface area is 226 Å². The number of hydrogen-bond acceptors (Lipinski definition) is 6. The number of carbonyl (C=O) groups excluding carboxylic acids is 3. The number of aromatic nitrogens is 1. The van der Waals surface area contributed by atoms with Crippen molar-refractivity contribution in [2.75, 3.05) is 26.2 Å². The molecule has 3 amide bonds. The van der Waals surface area contributed by atoms with Crippen molar-refractivity contribution in [1.29, 1.82) is 0 Å². The van der Waals surface area contributed by atoms with Crippen LogP contribution in [0.4, 0.5) is 0 Å². The second-order valence-electron chi connectivity index (χ2n) is 9.13. The summed E-state index contributed by atoms with van der Waals surface area (Å²) < 4.78 is 11.3. The predicted octanol–water partition coefficient (Wildman–Crippen LogP) is 3.66. The molecule has 2 aromatic carbocycles. The van der Waals surface area contributed by atoms with Gasteiger partial charge in [-0.3, -0.25) is 14.4 Å². The van der Waals surface area contributed by atoms with Gasteiger partial charge in [-0.1, -0.05) is 54.0 Å². The first-order valence-corrected chi connectivity index (χ1v) is 13.1. The third-order valence-electron chi connectivity index (χ3n) is 6.21. The summed E-state index contributed by atoms with van der Waals surface area (Å²) in [6.45, 7) is 2.58. The Hall–Kier alpha value is -3.85. The van der Waals surface area contributed by atoms with Gasteiger partial charge in [-0.05, 0) is 49.4 Å². The predicted molar refractivity (Wildman–Crippen MR) is 142 cm³/mol. The molecule has 0 saturated heterocycles. The minimum Gasteiger partial charge on any atom is -0.491 e. The van der Waals surface area contributed by atoms with Gasteiger partial charge in [0.15, 0.2) is 0 Å². The lowest BCUT2D eigenvalue weighted by atomic mass is 10.1. The smallest absolute Gasteiger partial charge is 0.292 e. The Morgan fingerprint density at radius 3 is 2.71 bits per heavy atom. The van der Waals surface area contributed by atoms with Crippen LogP contribution in [-0.4, -0.2) is 60.1 Å². The maximum absolute atomic E-state index is 13.2. The van der Waals surface area contributed by atoms with Crippen LogP contribution >= 0.6 is 11.6 Å². The van der Waals surface area contributed by atoms with Crippen molar-refractivity contribution in [2.45, 2.75) is 38.6 Å². The number of benzene rings is 2. The number of amides is 3. The van der Waals surface area contributed by atoms with E-state index in [-0.39, 0.29) is 30.7 Å². The van der Waals surface area contributed by atoms with Crippen LogP contribution in [0, 0.1) is 0 Å². The van der Waals surface area contributed by atoms with Crippen LogP contribution in [0.3, 0.4) is 0 Å². The minimum absolute atomic E-state index is 0.0948. The second-order valence-corrected chi connectivity index (χ2v) is 9.57. The quantitative estimate of drug-likeness (QED) is 0.524. The van der Waals surface area contributed by atoms with E-state index in [1.807, 2.05) is 37.3 Å². The molecule has 0 radical (unpaired) electrons. The molecule has 1 aliphatic rings. The SMILES string of the molecule is CCc1cc(C(=O)N2CCCCNC(=O)c3cc(Cl)ccc3OC[C@H](Cc3ccccc3)NC(=O)C2)on1. The number of ether oxygens (including phenoxy) is 1. The van der Waals surface area contributed by atoms with E-state index in [1.165, 1.54) is 4.90 Å². The molecule has 0 saturated carbocycles. The highest BCUT2D eigenvalue weighted by atomic mass is 35.5. The summed E-state index contributed by atoms with van der Waals surface area (Å²) >= 11 is 6.16. The van der Waals surface area contributed by atoms with Crippen molar-refractivity contribution >= 4 is 29.3 Å². The minimum atomic E-state index is -0.421. The van der Waals surface area contributed by atoms with E-state index in [0.717, 1.165) is 5.56 Å². The third-order valence-corrected chi connectivity index (χ3v) is 6.45. The Balaban J connectivity index is 1.57. The number of nitrogens with zero attached hydrogens (tertiary/aromatic N) is 2. The van der Waals surface area contributed by atoms with Gasteiger partial charge in [-0.15, -0.1) is 0 Å². The van der Waals surface area contributed by atoms with E-state index >= 15 is 0 Å². The van der Waals surface area contributed by atoms with Crippen LogP contribution in [0.1, 0.15) is 51.9 Å². The lowest BCUT2D eigenvalue weighted by Crippen LogP contribution is -2.47. The molecule has 3 aromatic rings. The number of nitrogens with one attached hydrogen (secondary N) is 2. The van der Waals surface area contributed by atoms with Crippen LogP contribution in [0.2, 0.25) is 5.02 Å². The van der Waals surface area contributed by atoms with Crippen molar-refractivity contribution in [3.05, 3.63) is 82.2 Å². The largest absolute Gasteiger partial charge is 0.491 e. The number of halogens is 1. The first-order chi connectivity index (χ1) is 18.4. The Morgan fingerprint density at radius 2 is 1.95 bits per heavy atom. The van der Waals surface area contributed by atoms with E-state index in [2.05, 4.69) is 15.8 Å². The highest BCUT2D eigenvalue weighted by Gasteiger charge is 2.25. The van der Waals surface area contributed by atoms with Gasteiger partial charge in [0.2, 0.25) is 11.7 Å². The molecule has 0 unspecified atom stereocenters. The Kier molecular flexibility index (Phi) is 9.37. The molecule has 1 aliphatic heterocycles. The van der Waals surface area contributed by atoms with E-state index in [9.17, 15) is 14.4 Å². The average Bonchev–Trinajstić information content (AvgIpc) is 3.40. The van der Waals surface area contributed by atoms with Crippen molar-refractivity contribution in [3.8, 4) is 5.75 Å². The zero-order valence-electron chi connectivity index (χ0n) is 21.2. The molecule has 2 N–H and O–H groups in total. The summed E-state index contributed by atoms with van der Waals surface area (Å²) in [4.78, 5) is 40.7. The molecule has 0 spiro atoms. The average molecular weight is 539 g/mol. The van der Waals surface area contributed by atoms with Gasteiger partial charge in [0, 0.05) is 24.2 Å². The fourth-order valence-electron chi connectivity index (χ4n) is 4.21. The van der Waals surface area contributed by atoms with E-state index in [4.69, 9.17) is 20.9 Å². The number of hydrogen-bond donors (Lipinski definition) is 2. The highest BCUT2D eigenvalue weighted by Crippen LogP contribution is 2.23. The van der Waals surface area contributed by atoms with Gasteiger partial charge in [-0.25, -0.2) is 0 Å². The van der Waals surface area contributed by atoms with Gasteiger partial charge in [0.1, 0.15) is 12.4 Å². The fraction of sp³-hybridized carbons (Fsp3) is 0.357. The molecule has 4 rings (SSSR count). The Morgan fingerprint density at radius 1 is 1.13 bits per heavy atom. The van der Waals surface area contributed by atoms with Gasteiger partial charge in [0.25, 0.3) is 11.8 Å². The van der Waals surface area contributed by atoms with Crippen LogP contribution < -0.4 is 15.4 Å². The summed E-state index contributed by atoms with van der Waals surface area (Å²) in [6.07, 6.45) is 2.30. The number of aryl methyl sites for hydroxylation is 1. The lowest BCUT2D eigenvalue weighted by Gasteiger charge is -2.24. The zero-order valence-corrected chi connectivity index (χ0v) is 22.0. The Bertz CT molecular complexity index is 1260. The van der Waals surface area contributed by atoms with Crippen molar-refractivity contribution < 1.29 is 23.6 Å². The van der Waals surface area contributed by atoms with E-state index in [1.54, 1.807) is 24.3 Å². The van der Waals surface area contributed by atoms with E-state index in [0.29, 0.717) is 60.8 Å². The standard InChI is InChI=1S/C28H31ClN4O5/c1-2-21-16-25(38-32-21)28(36)33-13-7-6-12-30-27(35)23-15-20(29)10-11-24(23)37-18-22(31-26(34)17-33)14-19-8-4-3-5-9-19/h3-5,8-11,15-16,22H,2,6-7,12-14,17-18H2,1H3,(H,30,35)(H,31,34)/t22-/m0/s1. The van der Waals surface area contributed by atoms with Gasteiger partial charge in [0.05, 0.1) is 23.8 Å². The molecule has 200 valence electrons. The lowest BCUT2D eigenvalue weighted by molar-refractivity contribution is -0.122. The summed E-state index contributed by atoms with van der Waals surface area (Å²) in [5, 5.41) is 10.2. The third kappa shape index (κ3) is 7.35. The molecular formula is C28H31ClN4O5. The molecule has 10 heteroatoms. The molecule has 1 aromatic heterocycles. The molecule has 0 fully saturated rings. The van der Waals surface area contributed by atoms with Crippen LogP contribution in [0.25, 0.3) is 0 Å². The number of carbonyl (C=O) groups is 3. The maximum atomic E-state index is 13.2. The molecular weight excluding hydrogens is 508 g/mol. The molecule has 0 bridgehead atoms. The first-order valence-electron chi connectivity index (χ1n) is 12.7. The van der Waals surface area contributed by atoms with Crippen LogP contribution in [0.5, 0.6) is 5.75 Å². The van der Waals surface area contributed by atoms with Crippen molar-refractivity contribution in [2.24, 2.45) is 0 Å². The highest BCUT2D eigenvalue weighted by molar-refractivity contribution is 6.31. The molecule has 9 nitrogen and oxygen atoms in total. The molecule has 0 aliphatic carbocycles. The summed E-state index contributed by atoms with van der Waals surface area (Å²) in [5.41, 5.74) is 2.00. The van der Waals surface area contributed by atoms with Gasteiger partial charge < -0.3 is 24.8 Å². The van der Waals surface area contributed by atoms with E-state index < -0.39 is 11.9 Å². The fourth-order valence-corrected chi connectivity index (χ4v) is 4.38. The molecule has 2 heterocycles. The normalized spacial score (nSPS) is 17.3. The zero-order chi connectivity index (χ0) is 26.9. The van der Waals surface area contributed by atoms with Crippen molar-refractivity contribution in [3.63, 3.8) is 0 Å². The summed E-state index contributed by atoms with van der Waals surface area (Å²) in [6, 6.07) is 15.8. The second kappa shape index (κ2) is 13.1. The van der Waals surface area contributed by atoms with Crippen molar-refractivity contribution in [1.82, 2.24) is 20.7 Å². The van der Waals surface area contributed by atoms with Gasteiger partial charge in [-0.2, -0.15) is 0 Å². The van der Waals surface area contributed by atoms with Crippen LogP contribution in [0.15, 0.2) is 59.1 Å². The monoisotopic (exact) mass is 538 g/mol. The topological polar surface area (TPSA) is 114 Å². The maximum Gasteiger partial charge on any atom is 0.292 e.